The van der Waals surface area contributed by atoms with Crippen LogP contribution in [-0.2, 0) is 16.2 Å². The quantitative estimate of drug-likeness (QED) is 0.763. The number of nitrogens with one attached hydrogen (secondary N) is 3. The van der Waals surface area contributed by atoms with E-state index < -0.39 is 27.8 Å². The molecule has 25 heavy (non-hydrogen) atoms. The Balaban J connectivity index is 2.06. The van der Waals surface area contributed by atoms with Crippen molar-refractivity contribution in [1.82, 2.24) is 0 Å². The second-order valence-electron chi connectivity index (χ2n) is 5.07. The van der Waals surface area contributed by atoms with Crippen molar-refractivity contribution in [3.8, 4) is 0 Å². The van der Waals surface area contributed by atoms with Crippen LogP contribution in [0, 0.1) is 0 Å². The molecule has 0 saturated heterocycles. The van der Waals surface area contributed by atoms with Crippen LogP contribution in [-0.4, -0.2) is 20.7 Å². The van der Waals surface area contributed by atoms with Crippen LogP contribution in [0.4, 0.5) is 35.0 Å². The predicted octanol–water partition coefficient (Wildman–Crippen LogP) is 3.72. The number of halogens is 3. The van der Waals surface area contributed by atoms with E-state index >= 15 is 0 Å². The number of anilines is 3. The normalized spacial score (nSPS) is 11.7. The highest BCUT2D eigenvalue weighted by atomic mass is 32.2. The lowest BCUT2D eigenvalue weighted by Gasteiger charge is -2.14. The number of rotatable bonds is 4. The number of alkyl halides is 3. The molecular formula is C15H14F3N3O3S. The third-order valence-corrected chi connectivity index (χ3v) is 3.53. The van der Waals surface area contributed by atoms with Gasteiger partial charge in [-0.25, -0.2) is 13.2 Å². The molecule has 0 atom stereocenters. The molecule has 0 aliphatic carbocycles. The van der Waals surface area contributed by atoms with Crippen molar-refractivity contribution in [2.24, 2.45) is 0 Å². The molecule has 3 N–H and O–H groups in total. The van der Waals surface area contributed by atoms with Crippen LogP contribution in [0.5, 0.6) is 0 Å². The minimum atomic E-state index is -4.59. The number of carbonyl (C=O) groups is 1. The van der Waals surface area contributed by atoms with E-state index in [0.717, 1.165) is 18.4 Å². The van der Waals surface area contributed by atoms with Crippen molar-refractivity contribution in [2.45, 2.75) is 6.18 Å². The first-order valence-corrected chi connectivity index (χ1v) is 8.76. The molecule has 0 aliphatic rings. The van der Waals surface area contributed by atoms with Gasteiger partial charge in [0.05, 0.1) is 17.5 Å². The molecule has 0 radical (unpaired) electrons. The van der Waals surface area contributed by atoms with Crippen molar-refractivity contribution < 1.29 is 26.4 Å². The molecule has 0 aromatic heterocycles. The number of benzene rings is 2. The van der Waals surface area contributed by atoms with E-state index in [-0.39, 0.29) is 17.1 Å². The third-order valence-electron chi connectivity index (χ3n) is 2.93. The lowest BCUT2D eigenvalue weighted by Crippen LogP contribution is -2.21. The molecule has 2 aromatic carbocycles. The zero-order chi connectivity index (χ0) is 18.7. The van der Waals surface area contributed by atoms with Crippen molar-refractivity contribution >= 4 is 33.1 Å². The van der Waals surface area contributed by atoms with Crippen LogP contribution in [0.15, 0.2) is 48.5 Å². The van der Waals surface area contributed by atoms with Gasteiger partial charge in [0.2, 0.25) is 10.0 Å². The van der Waals surface area contributed by atoms with E-state index in [1.54, 1.807) is 0 Å². The minimum absolute atomic E-state index is 0.279. The summed E-state index contributed by atoms with van der Waals surface area (Å²) in [7, 11) is -3.43. The average molecular weight is 373 g/mol. The molecule has 2 rings (SSSR count). The van der Waals surface area contributed by atoms with Gasteiger partial charge in [0.15, 0.2) is 0 Å². The Morgan fingerprint density at radius 2 is 1.48 bits per heavy atom. The van der Waals surface area contributed by atoms with Crippen LogP contribution < -0.4 is 15.4 Å². The van der Waals surface area contributed by atoms with Gasteiger partial charge in [-0.1, -0.05) is 12.1 Å². The number of hydrogen-bond donors (Lipinski definition) is 3. The SMILES string of the molecule is CS(=O)(=O)Nc1ccc(NC(=O)Nc2ccccc2C(F)(F)F)cc1. The third kappa shape index (κ3) is 5.68. The van der Waals surface area contributed by atoms with Gasteiger partial charge >= 0.3 is 12.2 Å². The summed E-state index contributed by atoms with van der Waals surface area (Å²) in [6.45, 7) is 0. The predicted molar refractivity (Wildman–Crippen MR) is 89.0 cm³/mol. The maximum Gasteiger partial charge on any atom is 0.418 e. The van der Waals surface area contributed by atoms with Crippen LogP contribution in [0.1, 0.15) is 5.56 Å². The Labute approximate surface area is 142 Å². The number of carbonyl (C=O) groups excluding carboxylic acids is 1. The standard InChI is InChI=1S/C15H14F3N3O3S/c1-25(23,24)21-11-8-6-10(7-9-11)19-14(22)20-13-5-3-2-4-12(13)15(16,17)18/h2-9,21H,1H3,(H2,19,20,22). The van der Waals surface area contributed by atoms with Gasteiger partial charge in [0, 0.05) is 11.4 Å². The topological polar surface area (TPSA) is 87.3 Å². The molecule has 2 aromatic rings. The van der Waals surface area contributed by atoms with Crippen LogP contribution in [0.2, 0.25) is 0 Å². The zero-order valence-electron chi connectivity index (χ0n) is 12.9. The summed E-state index contributed by atoms with van der Waals surface area (Å²) in [5.74, 6) is 0. The van der Waals surface area contributed by atoms with Crippen molar-refractivity contribution in [3.05, 3.63) is 54.1 Å². The Morgan fingerprint density at radius 3 is 2.04 bits per heavy atom. The maximum atomic E-state index is 12.9. The number of para-hydroxylation sites is 1. The van der Waals surface area contributed by atoms with Gasteiger partial charge in [0.1, 0.15) is 0 Å². The number of amides is 2. The molecule has 0 fully saturated rings. The van der Waals surface area contributed by atoms with Crippen molar-refractivity contribution in [2.75, 3.05) is 21.6 Å². The molecule has 10 heteroatoms. The number of hydrogen-bond acceptors (Lipinski definition) is 3. The van der Waals surface area contributed by atoms with E-state index in [1.165, 1.54) is 36.4 Å². The molecule has 0 saturated carbocycles. The Morgan fingerprint density at radius 1 is 0.920 bits per heavy atom. The first kappa shape index (κ1) is 18.6. The lowest BCUT2D eigenvalue weighted by atomic mass is 10.1. The molecule has 134 valence electrons. The molecular weight excluding hydrogens is 359 g/mol. The fraction of sp³-hybridized carbons (Fsp3) is 0.133. The first-order chi connectivity index (χ1) is 11.5. The highest BCUT2D eigenvalue weighted by molar-refractivity contribution is 7.92. The summed E-state index contributed by atoms with van der Waals surface area (Å²) in [6.07, 6.45) is -3.60. The summed E-state index contributed by atoms with van der Waals surface area (Å²) in [4.78, 5) is 11.9. The van der Waals surface area contributed by atoms with Gasteiger partial charge < -0.3 is 10.6 Å². The van der Waals surface area contributed by atoms with Gasteiger partial charge in [-0.05, 0) is 36.4 Å². The molecule has 0 unspecified atom stereocenters. The van der Waals surface area contributed by atoms with Crippen LogP contribution >= 0.6 is 0 Å². The summed E-state index contributed by atoms with van der Waals surface area (Å²) in [5.41, 5.74) is -0.766. The maximum absolute atomic E-state index is 12.9. The second-order valence-corrected chi connectivity index (χ2v) is 6.82. The van der Waals surface area contributed by atoms with E-state index in [9.17, 15) is 26.4 Å². The van der Waals surface area contributed by atoms with Gasteiger partial charge in [-0.15, -0.1) is 0 Å². The van der Waals surface area contributed by atoms with E-state index in [2.05, 4.69) is 15.4 Å². The number of sulfonamides is 1. The van der Waals surface area contributed by atoms with E-state index in [1.807, 2.05) is 0 Å². The smallest absolute Gasteiger partial charge is 0.308 e. The van der Waals surface area contributed by atoms with Crippen LogP contribution in [0.25, 0.3) is 0 Å². The molecule has 0 bridgehead atoms. The molecule has 0 aliphatic heterocycles. The van der Waals surface area contributed by atoms with Crippen molar-refractivity contribution in [1.29, 1.82) is 0 Å². The number of urea groups is 1. The Hall–Kier alpha value is -2.75. The van der Waals surface area contributed by atoms with Crippen LogP contribution in [0.3, 0.4) is 0 Å². The van der Waals surface area contributed by atoms with Crippen molar-refractivity contribution in [3.63, 3.8) is 0 Å². The summed E-state index contributed by atoms with van der Waals surface area (Å²) >= 11 is 0. The highest BCUT2D eigenvalue weighted by Crippen LogP contribution is 2.34. The minimum Gasteiger partial charge on any atom is -0.308 e. The Bertz CT molecular complexity index is 866. The highest BCUT2D eigenvalue weighted by Gasteiger charge is 2.33. The Kier molecular flexibility index (Phi) is 5.21. The fourth-order valence-electron chi connectivity index (χ4n) is 1.96. The largest absolute Gasteiger partial charge is 0.418 e. The first-order valence-electron chi connectivity index (χ1n) is 6.87. The molecule has 6 nitrogen and oxygen atoms in total. The summed E-state index contributed by atoms with van der Waals surface area (Å²) in [6, 6.07) is 9.35. The van der Waals surface area contributed by atoms with Gasteiger partial charge in [0.25, 0.3) is 0 Å². The monoisotopic (exact) mass is 373 g/mol. The molecule has 0 spiro atoms. The van der Waals surface area contributed by atoms with E-state index in [0.29, 0.717) is 0 Å². The average Bonchev–Trinajstić information content (AvgIpc) is 2.47. The molecule has 0 heterocycles. The zero-order valence-corrected chi connectivity index (χ0v) is 13.7. The van der Waals surface area contributed by atoms with Gasteiger partial charge in [-0.3, -0.25) is 4.72 Å². The lowest BCUT2D eigenvalue weighted by molar-refractivity contribution is -0.136. The summed E-state index contributed by atoms with van der Waals surface area (Å²) in [5, 5.41) is 4.50. The fourth-order valence-corrected chi connectivity index (χ4v) is 2.52. The van der Waals surface area contributed by atoms with Gasteiger partial charge in [-0.2, -0.15) is 13.2 Å². The summed E-state index contributed by atoms with van der Waals surface area (Å²) < 4.78 is 63.1. The molecule has 2 amide bonds. The second kappa shape index (κ2) is 7.01. The van der Waals surface area contributed by atoms with E-state index in [4.69, 9.17) is 0 Å².